The largest absolute Gasteiger partial charge is 0.444 e. The molecular formula is C16H31N3O3. The molecule has 6 heteroatoms. The molecular weight excluding hydrogens is 282 g/mol. The summed E-state index contributed by atoms with van der Waals surface area (Å²) in [5, 5.41) is 0. The lowest BCUT2D eigenvalue weighted by atomic mass is 10.2. The van der Waals surface area contributed by atoms with Gasteiger partial charge in [-0.1, -0.05) is 0 Å². The van der Waals surface area contributed by atoms with E-state index in [1.54, 1.807) is 0 Å². The third kappa shape index (κ3) is 5.74. The molecule has 2 fully saturated rings. The van der Waals surface area contributed by atoms with Crippen molar-refractivity contribution in [2.45, 2.75) is 38.9 Å². The number of carbonyl (C=O) groups excluding carboxylic acids is 1. The van der Waals surface area contributed by atoms with Crippen LogP contribution in [0, 0.1) is 0 Å². The Morgan fingerprint density at radius 1 is 1.14 bits per heavy atom. The Kier molecular flexibility index (Phi) is 6.06. The van der Waals surface area contributed by atoms with E-state index in [4.69, 9.17) is 9.47 Å². The van der Waals surface area contributed by atoms with Gasteiger partial charge in [-0.2, -0.15) is 0 Å². The second-order valence-corrected chi connectivity index (χ2v) is 7.38. The van der Waals surface area contributed by atoms with Crippen LogP contribution < -0.4 is 0 Å². The molecule has 0 atom stereocenters. The first kappa shape index (κ1) is 17.5. The maximum Gasteiger partial charge on any atom is 0.410 e. The van der Waals surface area contributed by atoms with Gasteiger partial charge in [0.1, 0.15) is 5.60 Å². The van der Waals surface area contributed by atoms with Gasteiger partial charge in [0.05, 0.1) is 6.10 Å². The van der Waals surface area contributed by atoms with Gasteiger partial charge in [-0.05, 0) is 34.2 Å². The summed E-state index contributed by atoms with van der Waals surface area (Å²) in [6, 6.07) is 0. The molecule has 0 aromatic heterocycles. The number of hydrogen-bond acceptors (Lipinski definition) is 5. The third-order valence-corrected chi connectivity index (χ3v) is 4.03. The van der Waals surface area contributed by atoms with E-state index >= 15 is 0 Å². The zero-order valence-electron chi connectivity index (χ0n) is 14.5. The summed E-state index contributed by atoms with van der Waals surface area (Å²) in [7, 11) is 2.12. The molecule has 0 aromatic carbocycles. The van der Waals surface area contributed by atoms with Gasteiger partial charge in [0.15, 0.2) is 0 Å². The van der Waals surface area contributed by atoms with Gasteiger partial charge in [0.2, 0.25) is 0 Å². The number of amides is 1. The summed E-state index contributed by atoms with van der Waals surface area (Å²) in [4.78, 5) is 18.5. The molecule has 2 aliphatic rings. The molecule has 2 aliphatic heterocycles. The van der Waals surface area contributed by atoms with Crippen LogP contribution in [0.1, 0.15) is 27.2 Å². The number of nitrogens with zero attached hydrogens (tertiary/aromatic N) is 3. The van der Waals surface area contributed by atoms with Gasteiger partial charge in [0, 0.05) is 52.4 Å². The van der Waals surface area contributed by atoms with Gasteiger partial charge < -0.3 is 19.3 Å². The third-order valence-electron chi connectivity index (χ3n) is 4.03. The van der Waals surface area contributed by atoms with E-state index in [9.17, 15) is 4.79 Å². The van der Waals surface area contributed by atoms with Crippen LogP contribution in [-0.2, 0) is 9.47 Å². The van der Waals surface area contributed by atoms with Gasteiger partial charge in [-0.3, -0.25) is 4.90 Å². The maximum atomic E-state index is 12.0. The molecule has 2 heterocycles. The monoisotopic (exact) mass is 313 g/mol. The quantitative estimate of drug-likeness (QED) is 0.715. The van der Waals surface area contributed by atoms with E-state index in [0.29, 0.717) is 6.10 Å². The maximum absolute atomic E-state index is 12.0. The van der Waals surface area contributed by atoms with Crippen LogP contribution in [0.15, 0.2) is 0 Å². The fraction of sp³-hybridized carbons (Fsp3) is 0.938. The fourth-order valence-corrected chi connectivity index (χ4v) is 2.77. The first-order valence-corrected chi connectivity index (χ1v) is 8.34. The summed E-state index contributed by atoms with van der Waals surface area (Å²) in [6.07, 6.45) is 1.31. The summed E-state index contributed by atoms with van der Waals surface area (Å²) in [5.74, 6) is 0. The van der Waals surface area contributed by atoms with Crippen LogP contribution in [0.3, 0.4) is 0 Å². The molecule has 0 radical (unpaired) electrons. The molecule has 2 rings (SSSR count). The van der Waals surface area contributed by atoms with Crippen molar-refractivity contribution in [1.82, 2.24) is 14.7 Å². The van der Waals surface area contributed by atoms with Crippen LogP contribution in [0.2, 0.25) is 0 Å². The predicted octanol–water partition coefficient (Wildman–Crippen LogP) is 1.26. The highest BCUT2D eigenvalue weighted by Gasteiger charge is 2.26. The molecule has 128 valence electrons. The zero-order valence-corrected chi connectivity index (χ0v) is 14.5. The molecule has 0 saturated carbocycles. The molecule has 22 heavy (non-hydrogen) atoms. The molecule has 6 nitrogen and oxygen atoms in total. The Bertz CT molecular complexity index is 356. The van der Waals surface area contributed by atoms with Crippen LogP contribution in [0.25, 0.3) is 0 Å². The summed E-state index contributed by atoms with van der Waals surface area (Å²) in [5.41, 5.74) is -0.416. The second kappa shape index (κ2) is 7.62. The molecule has 0 aliphatic carbocycles. The first-order chi connectivity index (χ1) is 10.3. The number of likely N-dealkylation sites (tertiary alicyclic amines) is 1. The van der Waals surface area contributed by atoms with E-state index in [-0.39, 0.29) is 6.09 Å². The standard InChI is InChI=1S/C16H31N3O3/c1-16(2,3)22-15(20)19-9-7-18(8-10-19)6-5-11-21-14-12-17(4)13-14/h14H,5-13H2,1-4H3. The van der Waals surface area contributed by atoms with Crippen molar-refractivity contribution >= 4 is 6.09 Å². The van der Waals surface area contributed by atoms with E-state index < -0.39 is 5.60 Å². The summed E-state index contributed by atoms with van der Waals surface area (Å²) in [6.45, 7) is 13.1. The fourth-order valence-electron chi connectivity index (χ4n) is 2.77. The lowest BCUT2D eigenvalue weighted by molar-refractivity contribution is -0.0460. The Morgan fingerprint density at radius 2 is 1.77 bits per heavy atom. The molecule has 2 saturated heterocycles. The van der Waals surface area contributed by atoms with Crippen LogP contribution in [0.4, 0.5) is 4.79 Å². The van der Waals surface area contributed by atoms with Gasteiger partial charge in [-0.25, -0.2) is 4.79 Å². The van der Waals surface area contributed by atoms with Crippen LogP contribution in [-0.4, -0.2) is 92.0 Å². The van der Waals surface area contributed by atoms with Crippen molar-refractivity contribution < 1.29 is 14.3 Å². The highest BCUT2D eigenvalue weighted by atomic mass is 16.6. The van der Waals surface area contributed by atoms with Crippen LogP contribution >= 0.6 is 0 Å². The smallest absolute Gasteiger partial charge is 0.410 e. The first-order valence-electron chi connectivity index (χ1n) is 8.34. The van der Waals surface area contributed by atoms with Crippen molar-refractivity contribution in [2.24, 2.45) is 0 Å². The van der Waals surface area contributed by atoms with E-state index in [1.807, 2.05) is 25.7 Å². The number of ether oxygens (including phenoxy) is 2. The number of piperazine rings is 1. The zero-order chi connectivity index (χ0) is 16.2. The van der Waals surface area contributed by atoms with Gasteiger partial charge in [0.25, 0.3) is 0 Å². The van der Waals surface area contributed by atoms with E-state index in [1.165, 1.54) is 0 Å². The Morgan fingerprint density at radius 3 is 2.32 bits per heavy atom. The molecule has 0 spiro atoms. The lowest BCUT2D eigenvalue weighted by Gasteiger charge is -2.37. The Hall–Kier alpha value is -0.850. The predicted molar refractivity (Wildman–Crippen MR) is 86.1 cm³/mol. The van der Waals surface area contributed by atoms with Crippen molar-refractivity contribution in [2.75, 3.05) is 59.5 Å². The topological polar surface area (TPSA) is 45.2 Å². The normalized spacial score (nSPS) is 21.7. The average Bonchev–Trinajstić information content (AvgIpc) is 2.40. The van der Waals surface area contributed by atoms with Crippen molar-refractivity contribution in [1.29, 1.82) is 0 Å². The number of rotatable bonds is 5. The van der Waals surface area contributed by atoms with Crippen LogP contribution in [0.5, 0.6) is 0 Å². The minimum atomic E-state index is -0.416. The minimum absolute atomic E-state index is 0.190. The van der Waals surface area contributed by atoms with Crippen molar-refractivity contribution in [3.05, 3.63) is 0 Å². The van der Waals surface area contributed by atoms with Gasteiger partial charge in [-0.15, -0.1) is 0 Å². The number of carbonyl (C=O) groups is 1. The number of hydrogen-bond donors (Lipinski definition) is 0. The van der Waals surface area contributed by atoms with E-state index in [0.717, 1.165) is 58.8 Å². The Labute approximate surface area is 134 Å². The second-order valence-electron chi connectivity index (χ2n) is 7.38. The van der Waals surface area contributed by atoms with Crippen molar-refractivity contribution in [3.8, 4) is 0 Å². The SMILES string of the molecule is CN1CC(OCCCN2CCN(C(=O)OC(C)(C)C)CC2)C1. The molecule has 0 unspecified atom stereocenters. The van der Waals surface area contributed by atoms with Gasteiger partial charge >= 0.3 is 6.09 Å². The van der Waals surface area contributed by atoms with E-state index in [2.05, 4.69) is 16.8 Å². The van der Waals surface area contributed by atoms with Crippen molar-refractivity contribution in [3.63, 3.8) is 0 Å². The average molecular weight is 313 g/mol. The Balaban J connectivity index is 1.54. The summed E-state index contributed by atoms with van der Waals surface area (Å²) < 4.78 is 11.2. The highest BCUT2D eigenvalue weighted by molar-refractivity contribution is 5.68. The highest BCUT2D eigenvalue weighted by Crippen LogP contribution is 2.12. The molecule has 0 bridgehead atoms. The lowest BCUT2D eigenvalue weighted by Crippen LogP contribution is -2.51. The number of likely N-dealkylation sites (N-methyl/N-ethyl adjacent to an activating group) is 1. The molecule has 0 N–H and O–H groups in total. The molecule has 0 aromatic rings. The summed E-state index contributed by atoms with van der Waals surface area (Å²) >= 11 is 0. The minimum Gasteiger partial charge on any atom is -0.444 e. The molecule has 1 amide bonds.